The van der Waals surface area contributed by atoms with Crippen LogP contribution in [0, 0.1) is 6.92 Å². The normalized spacial score (nSPS) is 14.0. The fourth-order valence-corrected chi connectivity index (χ4v) is 3.63. The molecule has 1 saturated heterocycles. The van der Waals surface area contributed by atoms with Gasteiger partial charge in [0.25, 0.3) is 0 Å². The monoisotopic (exact) mass is 395 g/mol. The number of aromatic nitrogens is 3. The summed E-state index contributed by atoms with van der Waals surface area (Å²) >= 11 is 1.52. The molecule has 4 heterocycles. The molecular formula is C19H21N7OS. The van der Waals surface area contributed by atoms with E-state index in [1.807, 2.05) is 53.6 Å². The topological polar surface area (TPSA) is 86.3 Å². The highest BCUT2D eigenvalue weighted by molar-refractivity contribution is 7.14. The summed E-state index contributed by atoms with van der Waals surface area (Å²) in [6.07, 6.45) is 1.73. The molecule has 3 aromatic rings. The zero-order chi connectivity index (χ0) is 19.3. The molecule has 0 spiro atoms. The number of piperazine rings is 1. The molecule has 0 unspecified atom stereocenters. The molecule has 9 heteroatoms. The molecule has 4 rings (SSSR count). The van der Waals surface area contributed by atoms with Crippen LogP contribution in [-0.4, -0.2) is 52.1 Å². The minimum Gasteiger partial charge on any atom is -0.353 e. The molecule has 2 N–H and O–H groups in total. The van der Waals surface area contributed by atoms with Crippen molar-refractivity contribution >= 4 is 39.8 Å². The fourth-order valence-electron chi connectivity index (χ4n) is 3.02. The lowest BCUT2D eigenvalue weighted by atomic mass is 10.3. The number of pyridine rings is 1. The minimum atomic E-state index is -0.0570. The first kappa shape index (κ1) is 18.2. The van der Waals surface area contributed by atoms with Crippen molar-refractivity contribution in [3.63, 3.8) is 0 Å². The van der Waals surface area contributed by atoms with Gasteiger partial charge in [-0.1, -0.05) is 6.07 Å². The number of rotatable bonds is 4. The summed E-state index contributed by atoms with van der Waals surface area (Å²) in [6, 6.07) is 11.4. The van der Waals surface area contributed by atoms with Crippen molar-refractivity contribution in [2.24, 2.45) is 0 Å². The Labute approximate surface area is 167 Å². The second kappa shape index (κ2) is 8.22. The Morgan fingerprint density at radius 2 is 1.93 bits per heavy atom. The zero-order valence-electron chi connectivity index (χ0n) is 15.5. The van der Waals surface area contributed by atoms with Crippen LogP contribution in [0.2, 0.25) is 0 Å². The zero-order valence-corrected chi connectivity index (χ0v) is 16.3. The number of urea groups is 1. The summed E-state index contributed by atoms with van der Waals surface area (Å²) in [5.41, 5.74) is 0. The van der Waals surface area contributed by atoms with Crippen LogP contribution in [0.3, 0.4) is 0 Å². The van der Waals surface area contributed by atoms with Gasteiger partial charge in [-0.15, -0.1) is 11.3 Å². The fraction of sp³-hybridized carbons (Fsp3) is 0.263. The summed E-state index contributed by atoms with van der Waals surface area (Å²) in [6.45, 7) is 4.60. The Morgan fingerprint density at radius 1 is 1.07 bits per heavy atom. The molecule has 0 aliphatic carbocycles. The van der Waals surface area contributed by atoms with E-state index < -0.39 is 0 Å². The van der Waals surface area contributed by atoms with Crippen molar-refractivity contribution in [1.82, 2.24) is 19.9 Å². The van der Waals surface area contributed by atoms with Crippen molar-refractivity contribution in [3.05, 3.63) is 53.8 Å². The highest BCUT2D eigenvalue weighted by Gasteiger charge is 2.22. The van der Waals surface area contributed by atoms with Crippen molar-refractivity contribution in [1.29, 1.82) is 0 Å². The Bertz CT molecular complexity index is 925. The number of nitrogens with zero attached hydrogens (tertiary/aromatic N) is 5. The van der Waals surface area contributed by atoms with E-state index in [9.17, 15) is 4.79 Å². The summed E-state index contributed by atoms with van der Waals surface area (Å²) in [4.78, 5) is 29.7. The third-order valence-electron chi connectivity index (χ3n) is 4.39. The molecule has 0 bridgehead atoms. The molecule has 1 aliphatic heterocycles. The smallest absolute Gasteiger partial charge is 0.322 e. The molecule has 0 saturated carbocycles. The number of carbonyl (C=O) groups excluding carboxylic acids is 1. The van der Waals surface area contributed by atoms with Crippen molar-refractivity contribution in [3.8, 4) is 0 Å². The van der Waals surface area contributed by atoms with Gasteiger partial charge in [-0.3, -0.25) is 5.32 Å². The van der Waals surface area contributed by atoms with E-state index in [0.717, 1.165) is 29.7 Å². The van der Waals surface area contributed by atoms with Gasteiger partial charge < -0.3 is 15.1 Å². The first-order valence-electron chi connectivity index (χ1n) is 9.05. The molecule has 2 amide bonds. The van der Waals surface area contributed by atoms with Crippen LogP contribution in [0.25, 0.3) is 0 Å². The average Bonchev–Trinajstić information content (AvgIpc) is 3.21. The molecule has 0 aromatic carbocycles. The molecular weight excluding hydrogens is 374 g/mol. The summed E-state index contributed by atoms with van der Waals surface area (Å²) in [5, 5.41) is 8.96. The van der Waals surface area contributed by atoms with Gasteiger partial charge in [0.2, 0.25) is 0 Å². The molecule has 0 atom stereocenters. The molecule has 144 valence electrons. The number of anilines is 4. The highest BCUT2D eigenvalue weighted by atomic mass is 32.1. The SMILES string of the molecule is Cc1nc(Nc2ccccn2)cc(N2CCN(C(=O)Nc3cccs3)CC2)n1. The summed E-state index contributed by atoms with van der Waals surface area (Å²) < 4.78 is 0. The predicted octanol–water partition coefficient (Wildman–Crippen LogP) is 3.34. The maximum absolute atomic E-state index is 12.4. The molecule has 3 aromatic heterocycles. The second-order valence-electron chi connectivity index (χ2n) is 6.38. The van der Waals surface area contributed by atoms with Crippen molar-refractivity contribution in [2.45, 2.75) is 6.92 Å². The third kappa shape index (κ3) is 4.37. The Kier molecular flexibility index (Phi) is 5.34. The van der Waals surface area contributed by atoms with Gasteiger partial charge in [0.1, 0.15) is 23.3 Å². The van der Waals surface area contributed by atoms with E-state index >= 15 is 0 Å². The second-order valence-corrected chi connectivity index (χ2v) is 7.33. The Balaban J connectivity index is 1.39. The molecule has 28 heavy (non-hydrogen) atoms. The largest absolute Gasteiger partial charge is 0.353 e. The van der Waals surface area contributed by atoms with E-state index in [-0.39, 0.29) is 6.03 Å². The number of hydrogen-bond donors (Lipinski definition) is 2. The predicted molar refractivity (Wildman–Crippen MR) is 111 cm³/mol. The van der Waals surface area contributed by atoms with Gasteiger partial charge in [-0.25, -0.2) is 19.7 Å². The van der Waals surface area contributed by atoms with Crippen LogP contribution in [-0.2, 0) is 0 Å². The first-order chi connectivity index (χ1) is 13.7. The lowest BCUT2D eigenvalue weighted by Gasteiger charge is -2.35. The van der Waals surface area contributed by atoms with Gasteiger partial charge in [0.15, 0.2) is 0 Å². The first-order valence-corrected chi connectivity index (χ1v) is 9.93. The van der Waals surface area contributed by atoms with Crippen LogP contribution in [0.15, 0.2) is 48.0 Å². The Hall–Kier alpha value is -3.20. The molecule has 8 nitrogen and oxygen atoms in total. The number of aryl methyl sites for hydroxylation is 1. The van der Waals surface area contributed by atoms with Crippen LogP contribution in [0.1, 0.15) is 5.82 Å². The van der Waals surface area contributed by atoms with Gasteiger partial charge in [-0.05, 0) is 36.6 Å². The summed E-state index contributed by atoms with van der Waals surface area (Å²) in [7, 11) is 0. The van der Waals surface area contributed by atoms with Gasteiger partial charge in [0.05, 0.1) is 5.00 Å². The van der Waals surface area contributed by atoms with E-state index in [1.165, 1.54) is 11.3 Å². The lowest BCUT2D eigenvalue weighted by molar-refractivity contribution is 0.208. The quantitative estimate of drug-likeness (QED) is 0.705. The standard InChI is InChI=1S/C19H21N7OS/c1-14-21-16(23-15-5-2-3-7-20-15)13-17(22-14)25-8-10-26(11-9-25)19(27)24-18-6-4-12-28-18/h2-7,12-13H,8-11H2,1H3,(H,24,27)(H,20,21,22,23). The van der Waals surface area contributed by atoms with Crippen LogP contribution < -0.4 is 15.5 Å². The van der Waals surface area contributed by atoms with E-state index in [2.05, 4.69) is 30.5 Å². The number of amides is 2. The highest BCUT2D eigenvalue weighted by Crippen LogP contribution is 2.21. The van der Waals surface area contributed by atoms with E-state index in [0.29, 0.717) is 24.7 Å². The van der Waals surface area contributed by atoms with Gasteiger partial charge >= 0.3 is 6.03 Å². The van der Waals surface area contributed by atoms with E-state index in [1.54, 1.807) is 6.20 Å². The average molecular weight is 395 g/mol. The minimum absolute atomic E-state index is 0.0570. The lowest BCUT2D eigenvalue weighted by Crippen LogP contribution is -2.50. The molecule has 0 radical (unpaired) electrons. The number of hydrogen-bond acceptors (Lipinski definition) is 7. The van der Waals surface area contributed by atoms with Gasteiger partial charge in [0, 0.05) is 38.4 Å². The van der Waals surface area contributed by atoms with E-state index in [4.69, 9.17) is 0 Å². The number of nitrogens with one attached hydrogen (secondary N) is 2. The van der Waals surface area contributed by atoms with Crippen molar-refractivity contribution < 1.29 is 4.79 Å². The van der Waals surface area contributed by atoms with Crippen LogP contribution >= 0.6 is 11.3 Å². The maximum Gasteiger partial charge on any atom is 0.322 e. The number of carbonyl (C=O) groups is 1. The number of thiophene rings is 1. The van der Waals surface area contributed by atoms with Gasteiger partial charge in [-0.2, -0.15) is 0 Å². The van der Waals surface area contributed by atoms with Crippen LogP contribution in [0.4, 0.5) is 27.2 Å². The maximum atomic E-state index is 12.4. The van der Waals surface area contributed by atoms with Crippen molar-refractivity contribution in [2.75, 3.05) is 41.7 Å². The molecule has 1 aliphatic rings. The Morgan fingerprint density at radius 3 is 2.64 bits per heavy atom. The third-order valence-corrected chi connectivity index (χ3v) is 5.17. The molecule has 1 fully saturated rings. The summed E-state index contributed by atoms with van der Waals surface area (Å²) in [5.74, 6) is 2.98. The van der Waals surface area contributed by atoms with Crippen LogP contribution in [0.5, 0.6) is 0 Å².